The fourth-order valence-electron chi connectivity index (χ4n) is 1.47. The van der Waals surface area contributed by atoms with Crippen molar-refractivity contribution in [3.05, 3.63) is 0 Å². The Morgan fingerprint density at radius 3 is 2.53 bits per heavy atom. The Balaban J connectivity index is 4.11. The second-order valence-corrected chi connectivity index (χ2v) is 4.17. The number of aliphatic hydroxyl groups excluding tert-OH is 1. The maximum absolute atomic E-state index is 12.0. The van der Waals surface area contributed by atoms with Crippen LogP contribution in [0.4, 0.5) is 0 Å². The third kappa shape index (κ3) is 6.00. The summed E-state index contributed by atoms with van der Waals surface area (Å²) >= 11 is 0. The molecule has 0 aliphatic rings. The van der Waals surface area contributed by atoms with Crippen LogP contribution in [0.1, 0.15) is 27.2 Å². The molecule has 0 heterocycles. The SMILES string of the molecule is CCC(C)C(N)C(=O)N(CC)CCOCCO. The van der Waals surface area contributed by atoms with E-state index in [2.05, 4.69) is 0 Å². The summed E-state index contributed by atoms with van der Waals surface area (Å²) < 4.78 is 5.15. The summed E-state index contributed by atoms with van der Waals surface area (Å²) in [7, 11) is 0. The normalized spacial score (nSPS) is 14.4. The van der Waals surface area contributed by atoms with Gasteiger partial charge in [0.15, 0.2) is 0 Å². The van der Waals surface area contributed by atoms with Crippen LogP contribution in [-0.2, 0) is 9.53 Å². The van der Waals surface area contributed by atoms with Gasteiger partial charge in [0.1, 0.15) is 0 Å². The van der Waals surface area contributed by atoms with Crippen LogP contribution >= 0.6 is 0 Å². The first-order valence-corrected chi connectivity index (χ1v) is 6.31. The first-order chi connectivity index (χ1) is 8.08. The van der Waals surface area contributed by atoms with E-state index in [9.17, 15) is 4.79 Å². The summed E-state index contributed by atoms with van der Waals surface area (Å²) in [5.41, 5.74) is 5.91. The number of carbonyl (C=O) groups excluding carboxylic acids is 1. The quantitative estimate of drug-likeness (QED) is 0.571. The van der Waals surface area contributed by atoms with Gasteiger partial charge in [0, 0.05) is 13.1 Å². The standard InChI is InChI=1S/C12H26N2O3/c1-4-10(3)11(13)12(16)14(5-2)6-8-17-9-7-15/h10-11,15H,4-9,13H2,1-3H3. The number of ether oxygens (including phenoxy) is 1. The van der Waals surface area contributed by atoms with Crippen molar-refractivity contribution in [3.63, 3.8) is 0 Å². The van der Waals surface area contributed by atoms with Crippen molar-refractivity contribution in [2.24, 2.45) is 11.7 Å². The molecule has 3 N–H and O–H groups in total. The number of rotatable bonds is 9. The Bertz CT molecular complexity index is 212. The number of hydrogen-bond acceptors (Lipinski definition) is 4. The number of hydrogen-bond donors (Lipinski definition) is 2. The molecule has 1 amide bonds. The van der Waals surface area contributed by atoms with E-state index >= 15 is 0 Å². The van der Waals surface area contributed by atoms with Crippen molar-refractivity contribution < 1.29 is 14.6 Å². The summed E-state index contributed by atoms with van der Waals surface area (Å²) in [6.45, 7) is 7.85. The van der Waals surface area contributed by atoms with E-state index in [1.807, 2.05) is 20.8 Å². The van der Waals surface area contributed by atoms with Gasteiger partial charge >= 0.3 is 0 Å². The summed E-state index contributed by atoms with van der Waals surface area (Å²) in [5, 5.41) is 8.57. The van der Waals surface area contributed by atoms with E-state index in [0.29, 0.717) is 26.3 Å². The van der Waals surface area contributed by atoms with Crippen molar-refractivity contribution in [1.82, 2.24) is 4.90 Å². The van der Waals surface area contributed by atoms with E-state index in [1.54, 1.807) is 4.90 Å². The Morgan fingerprint density at radius 2 is 2.06 bits per heavy atom. The van der Waals surface area contributed by atoms with Crippen LogP contribution in [0.25, 0.3) is 0 Å². The molecule has 0 spiro atoms. The predicted molar refractivity (Wildman–Crippen MR) is 67.6 cm³/mol. The van der Waals surface area contributed by atoms with Crippen LogP contribution in [0, 0.1) is 5.92 Å². The number of nitrogens with two attached hydrogens (primary N) is 1. The lowest BCUT2D eigenvalue weighted by Gasteiger charge is -2.26. The summed E-state index contributed by atoms with van der Waals surface area (Å²) in [4.78, 5) is 13.7. The first kappa shape index (κ1) is 16.4. The van der Waals surface area contributed by atoms with Crippen molar-refractivity contribution >= 4 is 5.91 Å². The molecule has 2 atom stereocenters. The average Bonchev–Trinajstić information content (AvgIpc) is 2.36. The molecule has 2 unspecified atom stereocenters. The molecule has 0 rings (SSSR count). The molecule has 0 aliphatic carbocycles. The van der Waals surface area contributed by atoms with Gasteiger partial charge in [-0.1, -0.05) is 20.3 Å². The molecule has 0 bridgehead atoms. The van der Waals surface area contributed by atoms with Crippen LogP contribution in [0.5, 0.6) is 0 Å². The van der Waals surface area contributed by atoms with Gasteiger partial charge in [0.05, 0.1) is 25.9 Å². The Labute approximate surface area is 104 Å². The highest BCUT2D eigenvalue weighted by Crippen LogP contribution is 2.08. The van der Waals surface area contributed by atoms with Gasteiger partial charge < -0.3 is 20.5 Å². The zero-order valence-electron chi connectivity index (χ0n) is 11.2. The second kappa shape index (κ2) is 9.39. The maximum Gasteiger partial charge on any atom is 0.239 e. The molecule has 0 aromatic carbocycles. The Hall–Kier alpha value is -0.650. The smallest absolute Gasteiger partial charge is 0.239 e. The molecule has 0 saturated heterocycles. The van der Waals surface area contributed by atoms with Gasteiger partial charge in [0.2, 0.25) is 5.91 Å². The first-order valence-electron chi connectivity index (χ1n) is 6.31. The molecule has 5 nitrogen and oxygen atoms in total. The minimum absolute atomic E-state index is 0.00640. The summed E-state index contributed by atoms with van der Waals surface area (Å²) in [5.74, 6) is 0.171. The van der Waals surface area contributed by atoms with Gasteiger partial charge in [-0.3, -0.25) is 4.79 Å². The molecular formula is C12H26N2O3. The van der Waals surface area contributed by atoms with Gasteiger partial charge in [-0.15, -0.1) is 0 Å². The van der Waals surface area contributed by atoms with E-state index in [1.165, 1.54) is 0 Å². The van der Waals surface area contributed by atoms with Crippen molar-refractivity contribution in [3.8, 4) is 0 Å². The van der Waals surface area contributed by atoms with Crippen molar-refractivity contribution in [2.75, 3.05) is 32.9 Å². The van der Waals surface area contributed by atoms with Gasteiger partial charge in [0.25, 0.3) is 0 Å². The number of nitrogens with zero attached hydrogens (tertiary/aromatic N) is 1. The summed E-state index contributed by atoms with van der Waals surface area (Å²) in [6.07, 6.45) is 0.894. The average molecular weight is 246 g/mol. The van der Waals surface area contributed by atoms with Crippen LogP contribution in [0.3, 0.4) is 0 Å². The molecule has 0 aliphatic heterocycles. The number of likely N-dealkylation sites (N-methyl/N-ethyl adjacent to an activating group) is 1. The van der Waals surface area contributed by atoms with E-state index < -0.39 is 6.04 Å². The molecule has 0 aromatic heterocycles. The topological polar surface area (TPSA) is 75.8 Å². The van der Waals surface area contributed by atoms with Crippen LogP contribution in [0.2, 0.25) is 0 Å². The Kier molecular flexibility index (Phi) is 9.03. The minimum Gasteiger partial charge on any atom is -0.394 e. The van der Waals surface area contributed by atoms with Crippen LogP contribution in [0.15, 0.2) is 0 Å². The lowest BCUT2D eigenvalue weighted by Crippen LogP contribution is -2.48. The molecule has 0 saturated carbocycles. The number of carbonyl (C=O) groups is 1. The third-order valence-electron chi connectivity index (χ3n) is 2.98. The number of amides is 1. The van der Waals surface area contributed by atoms with Gasteiger partial charge in [-0.2, -0.15) is 0 Å². The molecule has 5 heteroatoms. The maximum atomic E-state index is 12.0. The zero-order chi connectivity index (χ0) is 13.3. The zero-order valence-corrected chi connectivity index (χ0v) is 11.2. The molecule has 102 valence electrons. The highest BCUT2D eigenvalue weighted by atomic mass is 16.5. The molecule has 0 fully saturated rings. The highest BCUT2D eigenvalue weighted by Gasteiger charge is 2.23. The molecule has 0 radical (unpaired) electrons. The predicted octanol–water partition coefficient (Wildman–Crippen LogP) is 0.217. The highest BCUT2D eigenvalue weighted by molar-refractivity contribution is 5.81. The van der Waals surface area contributed by atoms with Crippen molar-refractivity contribution in [2.45, 2.75) is 33.2 Å². The second-order valence-electron chi connectivity index (χ2n) is 4.17. The van der Waals surface area contributed by atoms with E-state index in [-0.39, 0.29) is 18.4 Å². The third-order valence-corrected chi connectivity index (χ3v) is 2.98. The van der Waals surface area contributed by atoms with E-state index in [4.69, 9.17) is 15.6 Å². The largest absolute Gasteiger partial charge is 0.394 e. The Morgan fingerprint density at radius 1 is 1.41 bits per heavy atom. The minimum atomic E-state index is -0.433. The van der Waals surface area contributed by atoms with Crippen LogP contribution < -0.4 is 5.73 Å². The lowest BCUT2D eigenvalue weighted by atomic mass is 9.99. The van der Waals surface area contributed by atoms with Crippen LogP contribution in [-0.4, -0.2) is 54.9 Å². The van der Waals surface area contributed by atoms with E-state index in [0.717, 1.165) is 6.42 Å². The fraction of sp³-hybridized carbons (Fsp3) is 0.917. The van der Waals surface area contributed by atoms with Gasteiger partial charge in [-0.05, 0) is 12.8 Å². The number of aliphatic hydroxyl groups is 1. The monoisotopic (exact) mass is 246 g/mol. The lowest BCUT2D eigenvalue weighted by molar-refractivity contribution is -0.134. The molecule has 0 aromatic rings. The van der Waals surface area contributed by atoms with Gasteiger partial charge in [-0.25, -0.2) is 0 Å². The van der Waals surface area contributed by atoms with Crippen molar-refractivity contribution in [1.29, 1.82) is 0 Å². The molecule has 17 heavy (non-hydrogen) atoms. The fourth-order valence-corrected chi connectivity index (χ4v) is 1.47. The summed E-state index contributed by atoms with van der Waals surface area (Å²) in [6, 6.07) is -0.433. The molecular weight excluding hydrogens is 220 g/mol.